The van der Waals surface area contributed by atoms with Crippen molar-refractivity contribution in [3.05, 3.63) is 11.8 Å². The molecular formula is C14H22N4O2. The summed E-state index contributed by atoms with van der Waals surface area (Å²) in [6, 6.07) is 1.82. The Morgan fingerprint density at radius 1 is 1.60 bits per heavy atom. The Labute approximate surface area is 118 Å². The van der Waals surface area contributed by atoms with Crippen LogP contribution < -0.4 is 5.32 Å². The van der Waals surface area contributed by atoms with Crippen molar-refractivity contribution in [2.24, 2.45) is 11.8 Å². The van der Waals surface area contributed by atoms with Gasteiger partial charge in [0.2, 0.25) is 11.8 Å². The van der Waals surface area contributed by atoms with Crippen molar-refractivity contribution in [1.29, 1.82) is 0 Å². The molecule has 1 aromatic rings. The number of anilines is 1. The molecule has 1 fully saturated rings. The quantitative estimate of drug-likeness (QED) is 0.855. The Morgan fingerprint density at radius 2 is 2.35 bits per heavy atom. The van der Waals surface area contributed by atoms with Gasteiger partial charge in [-0.3, -0.25) is 14.7 Å². The maximum absolute atomic E-state index is 12.1. The molecule has 1 unspecified atom stereocenters. The van der Waals surface area contributed by atoms with Gasteiger partial charge in [0.25, 0.3) is 0 Å². The van der Waals surface area contributed by atoms with Crippen molar-refractivity contribution in [3.8, 4) is 0 Å². The second-order valence-electron chi connectivity index (χ2n) is 5.71. The SMILES string of the molecule is CCc1cc(NC(=O)C2CC(=O)N(CC(C)C)C2)n[nH]1. The molecule has 0 saturated carbocycles. The minimum atomic E-state index is -0.275. The van der Waals surface area contributed by atoms with Gasteiger partial charge >= 0.3 is 0 Å². The lowest BCUT2D eigenvalue weighted by atomic mass is 10.1. The molecule has 6 nitrogen and oxygen atoms in total. The van der Waals surface area contributed by atoms with E-state index < -0.39 is 0 Å². The fraction of sp³-hybridized carbons (Fsp3) is 0.643. The van der Waals surface area contributed by atoms with Gasteiger partial charge in [0.1, 0.15) is 0 Å². The second kappa shape index (κ2) is 6.07. The van der Waals surface area contributed by atoms with Gasteiger partial charge in [-0.1, -0.05) is 20.8 Å². The van der Waals surface area contributed by atoms with Crippen molar-refractivity contribution in [2.45, 2.75) is 33.6 Å². The predicted molar refractivity (Wildman–Crippen MR) is 76.1 cm³/mol. The number of hydrogen-bond donors (Lipinski definition) is 2. The minimum absolute atomic E-state index is 0.0649. The molecule has 0 bridgehead atoms. The molecule has 0 aliphatic carbocycles. The van der Waals surface area contributed by atoms with Crippen LogP contribution >= 0.6 is 0 Å². The Bertz CT molecular complexity index is 495. The van der Waals surface area contributed by atoms with Gasteiger partial charge < -0.3 is 10.2 Å². The highest BCUT2D eigenvalue weighted by molar-refractivity contribution is 5.96. The summed E-state index contributed by atoms with van der Waals surface area (Å²) in [5, 5.41) is 9.66. The van der Waals surface area contributed by atoms with E-state index in [1.807, 2.05) is 13.0 Å². The Balaban J connectivity index is 1.92. The van der Waals surface area contributed by atoms with E-state index in [0.717, 1.165) is 12.1 Å². The first kappa shape index (κ1) is 14.6. The molecule has 1 aliphatic heterocycles. The van der Waals surface area contributed by atoms with E-state index >= 15 is 0 Å². The van der Waals surface area contributed by atoms with Gasteiger partial charge in [-0.2, -0.15) is 5.10 Å². The van der Waals surface area contributed by atoms with Gasteiger partial charge in [-0.05, 0) is 12.3 Å². The van der Waals surface area contributed by atoms with Crippen molar-refractivity contribution in [3.63, 3.8) is 0 Å². The van der Waals surface area contributed by atoms with E-state index in [4.69, 9.17) is 0 Å². The summed E-state index contributed by atoms with van der Waals surface area (Å²) in [5.74, 6) is 0.609. The van der Waals surface area contributed by atoms with Crippen molar-refractivity contribution >= 4 is 17.6 Å². The first-order valence-electron chi connectivity index (χ1n) is 7.12. The number of aryl methyl sites for hydroxylation is 1. The molecule has 2 heterocycles. The van der Waals surface area contributed by atoms with Crippen LogP contribution in [0.1, 0.15) is 32.9 Å². The van der Waals surface area contributed by atoms with E-state index in [2.05, 4.69) is 29.4 Å². The number of rotatable bonds is 5. The number of carbonyl (C=O) groups is 2. The smallest absolute Gasteiger partial charge is 0.230 e. The number of carbonyl (C=O) groups excluding carboxylic acids is 2. The van der Waals surface area contributed by atoms with Crippen LogP contribution in [0.4, 0.5) is 5.82 Å². The molecule has 2 rings (SSSR count). The highest BCUT2D eigenvalue weighted by atomic mass is 16.2. The van der Waals surface area contributed by atoms with Crippen LogP contribution in [0.3, 0.4) is 0 Å². The first-order valence-corrected chi connectivity index (χ1v) is 7.12. The monoisotopic (exact) mass is 278 g/mol. The molecule has 2 N–H and O–H groups in total. The maximum Gasteiger partial charge on any atom is 0.230 e. The standard InChI is InChI=1S/C14H22N4O2/c1-4-11-6-12(17-16-11)15-14(20)10-5-13(19)18(8-10)7-9(2)3/h6,9-10H,4-5,7-8H2,1-3H3,(H2,15,16,17,20). The van der Waals surface area contributed by atoms with Gasteiger partial charge in [0.15, 0.2) is 5.82 Å². The summed E-state index contributed by atoms with van der Waals surface area (Å²) < 4.78 is 0. The minimum Gasteiger partial charge on any atom is -0.342 e. The Morgan fingerprint density at radius 3 is 2.95 bits per heavy atom. The number of nitrogens with one attached hydrogen (secondary N) is 2. The van der Waals surface area contributed by atoms with Crippen LogP contribution in [-0.4, -0.2) is 40.0 Å². The van der Waals surface area contributed by atoms with Crippen LogP contribution in [0.2, 0.25) is 0 Å². The molecule has 2 amide bonds. The van der Waals surface area contributed by atoms with Crippen LogP contribution in [-0.2, 0) is 16.0 Å². The second-order valence-corrected chi connectivity index (χ2v) is 5.71. The molecule has 6 heteroatoms. The molecule has 1 aliphatic rings. The topological polar surface area (TPSA) is 78.1 Å². The largest absolute Gasteiger partial charge is 0.342 e. The predicted octanol–water partition coefficient (Wildman–Crippen LogP) is 1.42. The van der Waals surface area contributed by atoms with E-state index in [9.17, 15) is 9.59 Å². The average Bonchev–Trinajstić information content (AvgIpc) is 2.96. The van der Waals surface area contributed by atoms with E-state index in [0.29, 0.717) is 31.2 Å². The summed E-state index contributed by atoms with van der Waals surface area (Å²) in [6.07, 6.45) is 1.14. The summed E-state index contributed by atoms with van der Waals surface area (Å²) in [7, 11) is 0. The van der Waals surface area contributed by atoms with Crippen LogP contribution in [0.25, 0.3) is 0 Å². The highest BCUT2D eigenvalue weighted by Gasteiger charge is 2.34. The zero-order chi connectivity index (χ0) is 14.7. The summed E-state index contributed by atoms with van der Waals surface area (Å²) >= 11 is 0. The van der Waals surface area contributed by atoms with Gasteiger partial charge in [-0.25, -0.2) is 0 Å². The summed E-state index contributed by atoms with van der Waals surface area (Å²) in [5.41, 5.74) is 0.976. The molecule has 20 heavy (non-hydrogen) atoms. The van der Waals surface area contributed by atoms with E-state index in [-0.39, 0.29) is 17.7 Å². The van der Waals surface area contributed by atoms with Crippen LogP contribution in [0.5, 0.6) is 0 Å². The molecular weight excluding hydrogens is 256 g/mol. The third-order valence-electron chi connectivity index (χ3n) is 3.43. The number of aromatic amines is 1. The number of H-pyrrole nitrogens is 1. The maximum atomic E-state index is 12.1. The third kappa shape index (κ3) is 3.37. The Hall–Kier alpha value is -1.85. The molecule has 1 atom stereocenters. The number of hydrogen-bond acceptors (Lipinski definition) is 3. The molecule has 0 spiro atoms. The lowest BCUT2D eigenvalue weighted by Crippen LogP contribution is -2.31. The van der Waals surface area contributed by atoms with Crippen molar-refractivity contribution in [1.82, 2.24) is 15.1 Å². The molecule has 0 radical (unpaired) electrons. The van der Waals surface area contributed by atoms with Gasteiger partial charge in [0.05, 0.1) is 5.92 Å². The zero-order valence-corrected chi connectivity index (χ0v) is 12.3. The fourth-order valence-corrected chi connectivity index (χ4v) is 2.40. The molecule has 0 aromatic carbocycles. The van der Waals surface area contributed by atoms with Gasteiger partial charge in [-0.15, -0.1) is 0 Å². The fourth-order valence-electron chi connectivity index (χ4n) is 2.40. The Kier molecular flexibility index (Phi) is 4.42. The molecule has 1 saturated heterocycles. The summed E-state index contributed by atoms with van der Waals surface area (Å²) in [4.78, 5) is 25.8. The van der Waals surface area contributed by atoms with Gasteiger partial charge in [0, 0.05) is 31.3 Å². The lowest BCUT2D eigenvalue weighted by Gasteiger charge is -2.18. The number of aromatic nitrogens is 2. The normalized spacial score (nSPS) is 18.9. The number of nitrogens with zero attached hydrogens (tertiary/aromatic N) is 2. The zero-order valence-electron chi connectivity index (χ0n) is 12.3. The van der Waals surface area contributed by atoms with E-state index in [1.54, 1.807) is 4.90 Å². The highest BCUT2D eigenvalue weighted by Crippen LogP contribution is 2.20. The van der Waals surface area contributed by atoms with Crippen molar-refractivity contribution < 1.29 is 9.59 Å². The number of amides is 2. The number of likely N-dealkylation sites (tertiary alicyclic amines) is 1. The molecule has 1 aromatic heterocycles. The molecule has 110 valence electrons. The van der Waals surface area contributed by atoms with Crippen LogP contribution in [0.15, 0.2) is 6.07 Å². The lowest BCUT2D eigenvalue weighted by molar-refractivity contribution is -0.128. The third-order valence-corrected chi connectivity index (χ3v) is 3.43. The van der Waals surface area contributed by atoms with Crippen molar-refractivity contribution in [2.75, 3.05) is 18.4 Å². The van der Waals surface area contributed by atoms with E-state index in [1.165, 1.54) is 0 Å². The first-order chi connectivity index (χ1) is 9.49. The average molecular weight is 278 g/mol. The van der Waals surface area contributed by atoms with Crippen LogP contribution in [0, 0.1) is 11.8 Å². The summed E-state index contributed by atoms with van der Waals surface area (Å²) in [6.45, 7) is 7.37.